The molecule has 0 aromatic carbocycles. The molecule has 5 nitrogen and oxygen atoms in total. The summed E-state index contributed by atoms with van der Waals surface area (Å²) in [6, 6.07) is 3.52. The maximum Gasteiger partial charge on any atom is 0.433 e. The van der Waals surface area contributed by atoms with Gasteiger partial charge in [-0.05, 0) is 17.9 Å². The summed E-state index contributed by atoms with van der Waals surface area (Å²) >= 11 is 0. The van der Waals surface area contributed by atoms with Gasteiger partial charge in [0.15, 0.2) is 0 Å². The van der Waals surface area contributed by atoms with Gasteiger partial charge in [0, 0.05) is 6.04 Å². The van der Waals surface area contributed by atoms with Gasteiger partial charge in [-0.1, -0.05) is 13.8 Å². The molecule has 0 aliphatic heterocycles. The highest BCUT2D eigenvalue weighted by molar-refractivity contribution is 5.18. The summed E-state index contributed by atoms with van der Waals surface area (Å²) in [7, 11) is 0. The van der Waals surface area contributed by atoms with Gasteiger partial charge in [-0.25, -0.2) is 0 Å². The second-order valence-electron chi connectivity index (χ2n) is 4.62. The summed E-state index contributed by atoms with van der Waals surface area (Å²) in [6.07, 6.45) is 1.15. The first-order valence-electron chi connectivity index (χ1n) is 4.95. The highest BCUT2D eigenvalue weighted by Crippen LogP contribution is 2.44. The minimum atomic E-state index is -0.523. The van der Waals surface area contributed by atoms with E-state index in [1.807, 2.05) is 0 Å². The molecule has 1 aliphatic rings. The highest BCUT2D eigenvalue weighted by Gasteiger charge is 2.45. The average molecular weight is 210 g/mol. The molecule has 1 heterocycles. The number of nitrogens with one attached hydrogen (secondary N) is 1. The molecule has 0 spiro atoms. The lowest BCUT2D eigenvalue weighted by Gasteiger charge is -2.03. The van der Waals surface area contributed by atoms with Gasteiger partial charge < -0.3 is 9.73 Å². The maximum absolute atomic E-state index is 10.4. The summed E-state index contributed by atoms with van der Waals surface area (Å²) in [5.41, 5.74) is 0.360. The van der Waals surface area contributed by atoms with E-state index in [-0.39, 0.29) is 5.88 Å². The molecule has 5 heteroatoms. The normalized spacial score (nSPS) is 22.7. The van der Waals surface area contributed by atoms with Crippen molar-refractivity contribution in [2.45, 2.75) is 32.9 Å². The van der Waals surface area contributed by atoms with Crippen molar-refractivity contribution in [3.63, 3.8) is 0 Å². The summed E-state index contributed by atoms with van der Waals surface area (Å²) < 4.78 is 5.03. The van der Waals surface area contributed by atoms with Crippen molar-refractivity contribution in [1.82, 2.24) is 5.32 Å². The Morgan fingerprint density at radius 1 is 1.67 bits per heavy atom. The van der Waals surface area contributed by atoms with Gasteiger partial charge in [0.05, 0.1) is 12.6 Å². The van der Waals surface area contributed by atoms with Gasteiger partial charge in [-0.15, -0.1) is 0 Å². The fourth-order valence-corrected chi connectivity index (χ4v) is 1.60. The van der Waals surface area contributed by atoms with Crippen molar-refractivity contribution in [3.05, 3.63) is 28.0 Å². The van der Waals surface area contributed by atoms with Crippen molar-refractivity contribution >= 4 is 5.88 Å². The first-order chi connectivity index (χ1) is 6.99. The number of hydrogen-bond acceptors (Lipinski definition) is 4. The van der Waals surface area contributed by atoms with Crippen LogP contribution in [0.15, 0.2) is 16.5 Å². The number of rotatable bonds is 4. The molecule has 0 saturated heterocycles. The molecule has 0 radical (unpaired) electrons. The second-order valence-corrected chi connectivity index (χ2v) is 4.62. The van der Waals surface area contributed by atoms with E-state index in [4.69, 9.17) is 4.42 Å². The lowest BCUT2D eigenvalue weighted by Crippen LogP contribution is -2.19. The van der Waals surface area contributed by atoms with Crippen molar-refractivity contribution < 1.29 is 9.34 Å². The van der Waals surface area contributed by atoms with Gasteiger partial charge in [0.1, 0.15) is 10.7 Å². The molecule has 1 aromatic rings. The first kappa shape index (κ1) is 10.2. The highest BCUT2D eigenvalue weighted by atomic mass is 16.6. The Bertz CT molecular complexity index is 384. The maximum atomic E-state index is 10.4. The van der Waals surface area contributed by atoms with Crippen LogP contribution in [0.3, 0.4) is 0 Å². The van der Waals surface area contributed by atoms with E-state index >= 15 is 0 Å². The van der Waals surface area contributed by atoms with E-state index in [1.165, 1.54) is 6.07 Å². The zero-order valence-corrected chi connectivity index (χ0v) is 8.82. The lowest BCUT2D eigenvalue weighted by atomic mass is 10.2. The SMILES string of the molecule is CC1(C)CC1NCc1ccc([N+](=O)[O-])o1. The lowest BCUT2D eigenvalue weighted by molar-refractivity contribution is -0.402. The van der Waals surface area contributed by atoms with Gasteiger partial charge in [0.2, 0.25) is 0 Å². The molecular weight excluding hydrogens is 196 g/mol. The smallest absolute Gasteiger partial charge is 0.404 e. The second kappa shape index (κ2) is 3.34. The fourth-order valence-electron chi connectivity index (χ4n) is 1.60. The zero-order chi connectivity index (χ0) is 11.1. The van der Waals surface area contributed by atoms with E-state index < -0.39 is 4.92 Å². The van der Waals surface area contributed by atoms with Crippen molar-refractivity contribution in [1.29, 1.82) is 0 Å². The topological polar surface area (TPSA) is 68.3 Å². The van der Waals surface area contributed by atoms with Gasteiger partial charge >= 0.3 is 5.88 Å². The Balaban J connectivity index is 1.86. The minimum Gasteiger partial charge on any atom is -0.404 e. The molecule has 82 valence electrons. The monoisotopic (exact) mass is 210 g/mol. The van der Waals surface area contributed by atoms with E-state index in [9.17, 15) is 10.1 Å². The Morgan fingerprint density at radius 3 is 2.80 bits per heavy atom. The van der Waals surface area contributed by atoms with E-state index in [1.54, 1.807) is 6.07 Å². The van der Waals surface area contributed by atoms with Gasteiger partial charge in [0.25, 0.3) is 0 Å². The van der Waals surface area contributed by atoms with Crippen LogP contribution >= 0.6 is 0 Å². The summed E-state index contributed by atoms with van der Waals surface area (Å²) in [6.45, 7) is 4.94. The van der Waals surface area contributed by atoms with Crippen LogP contribution in [0, 0.1) is 15.5 Å². The molecule has 1 saturated carbocycles. The molecule has 0 bridgehead atoms. The standard InChI is InChI=1S/C10H14N2O3/c1-10(2)5-8(10)11-6-7-3-4-9(15-7)12(13)14/h3-4,8,11H,5-6H2,1-2H3. The molecule has 1 fully saturated rings. The van der Waals surface area contributed by atoms with Crippen molar-refractivity contribution in [2.24, 2.45) is 5.41 Å². The van der Waals surface area contributed by atoms with Gasteiger partial charge in [-0.3, -0.25) is 10.1 Å². The first-order valence-corrected chi connectivity index (χ1v) is 4.95. The number of nitro groups is 1. The molecule has 1 atom stereocenters. The van der Waals surface area contributed by atoms with E-state index in [0.29, 0.717) is 23.8 Å². The van der Waals surface area contributed by atoms with E-state index in [2.05, 4.69) is 19.2 Å². The van der Waals surface area contributed by atoms with Crippen molar-refractivity contribution in [2.75, 3.05) is 0 Å². The van der Waals surface area contributed by atoms with Crippen LogP contribution in [0.5, 0.6) is 0 Å². The average Bonchev–Trinajstić information content (AvgIpc) is 2.63. The van der Waals surface area contributed by atoms with Crippen LogP contribution < -0.4 is 5.32 Å². The van der Waals surface area contributed by atoms with Crippen molar-refractivity contribution in [3.8, 4) is 0 Å². The molecule has 1 unspecified atom stereocenters. The summed E-state index contributed by atoms with van der Waals surface area (Å²) in [5, 5.41) is 13.7. The third kappa shape index (κ3) is 2.18. The number of nitrogens with zero attached hydrogens (tertiary/aromatic N) is 1. The molecule has 15 heavy (non-hydrogen) atoms. The van der Waals surface area contributed by atoms with E-state index in [0.717, 1.165) is 6.42 Å². The van der Waals surface area contributed by atoms with Crippen LogP contribution in [0.25, 0.3) is 0 Å². The van der Waals surface area contributed by atoms with Crippen LogP contribution in [-0.2, 0) is 6.54 Å². The van der Waals surface area contributed by atoms with Crippen LogP contribution in [-0.4, -0.2) is 11.0 Å². The zero-order valence-electron chi connectivity index (χ0n) is 8.82. The fraction of sp³-hybridized carbons (Fsp3) is 0.600. The van der Waals surface area contributed by atoms with Crippen LogP contribution in [0.4, 0.5) is 5.88 Å². The number of furan rings is 1. The summed E-state index contributed by atoms with van der Waals surface area (Å²) in [5.74, 6) is 0.422. The minimum absolute atomic E-state index is 0.193. The van der Waals surface area contributed by atoms with Crippen LogP contribution in [0.2, 0.25) is 0 Å². The Kier molecular flexibility index (Phi) is 2.26. The Labute approximate surface area is 87.6 Å². The molecule has 2 rings (SSSR count). The van der Waals surface area contributed by atoms with Gasteiger partial charge in [-0.2, -0.15) is 0 Å². The third-order valence-corrected chi connectivity index (χ3v) is 2.86. The predicted molar refractivity (Wildman–Crippen MR) is 54.4 cm³/mol. The molecule has 1 N–H and O–H groups in total. The quantitative estimate of drug-likeness (QED) is 0.610. The predicted octanol–water partition coefficient (Wildman–Crippen LogP) is 2.08. The molecular formula is C10H14N2O3. The summed E-state index contributed by atoms with van der Waals surface area (Å²) in [4.78, 5) is 9.84. The third-order valence-electron chi connectivity index (χ3n) is 2.86. The molecule has 0 amide bonds. The van der Waals surface area contributed by atoms with Crippen LogP contribution in [0.1, 0.15) is 26.0 Å². The Hall–Kier alpha value is -1.36. The molecule has 1 aliphatic carbocycles. The Morgan fingerprint density at radius 2 is 2.33 bits per heavy atom. The molecule has 1 aromatic heterocycles. The largest absolute Gasteiger partial charge is 0.433 e. The number of hydrogen-bond donors (Lipinski definition) is 1.